The number of carbonyl (C=O) groups is 1. The van der Waals surface area contributed by atoms with Crippen LogP contribution in [0.25, 0.3) is 0 Å². The summed E-state index contributed by atoms with van der Waals surface area (Å²) in [5.41, 5.74) is 0.536. The molecular formula is C13H17N5O2S2. The maximum Gasteiger partial charge on any atom is 0.251 e. The number of nitrogens with zero attached hydrogens (tertiary/aromatic N) is 3. The number of hydrogen-bond acceptors (Lipinski definition) is 7. The molecule has 1 atom stereocenters. The van der Waals surface area contributed by atoms with Crippen LogP contribution in [0.5, 0.6) is 0 Å². The Hall–Kier alpha value is -1.74. The van der Waals surface area contributed by atoms with E-state index >= 15 is 0 Å². The van der Waals surface area contributed by atoms with Crippen molar-refractivity contribution in [2.75, 3.05) is 5.32 Å². The molecule has 1 unspecified atom stereocenters. The molecule has 22 heavy (non-hydrogen) atoms. The molecule has 0 aliphatic rings. The molecule has 0 radical (unpaired) electrons. The van der Waals surface area contributed by atoms with Gasteiger partial charge in [0.15, 0.2) is 5.16 Å². The lowest BCUT2D eigenvalue weighted by molar-refractivity contribution is -0.115. The van der Waals surface area contributed by atoms with E-state index in [-0.39, 0.29) is 11.5 Å². The summed E-state index contributed by atoms with van der Waals surface area (Å²) in [5, 5.41) is 11.7. The van der Waals surface area contributed by atoms with Crippen molar-refractivity contribution in [3.8, 4) is 0 Å². The molecule has 118 valence electrons. The topological polar surface area (TPSA) is 101 Å². The second-order valence-electron chi connectivity index (χ2n) is 4.67. The van der Waals surface area contributed by atoms with Crippen LogP contribution in [0.15, 0.2) is 16.0 Å². The average Bonchev–Trinajstić information content (AvgIpc) is 2.83. The van der Waals surface area contributed by atoms with Gasteiger partial charge in [-0.3, -0.25) is 14.9 Å². The van der Waals surface area contributed by atoms with E-state index in [0.717, 1.165) is 23.5 Å². The van der Waals surface area contributed by atoms with Crippen LogP contribution in [-0.4, -0.2) is 31.3 Å². The van der Waals surface area contributed by atoms with E-state index in [1.807, 2.05) is 13.8 Å². The van der Waals surface area contributed by atoms with Crippen molar-refractivity contribution in [3.05, 3.63) is 27.1 Å². The van der Waals surface area contributed by atoms with E-state index < -0.39 is 5.25 Å². The molecule has 2 aromatic heterocycles. The monoisotopic (exact) mass is 339 g/mol. The third-order valence-electron chi connectivity index (χ3n) is 2.69. The van der Waals surface area contributed by atoms with Gasteiger partial charge in [-0.05, 0) is 20.3 Å². The molecule has 0 aromatic carbocycles. The lowest BCUT2D eigenvalue weighted by Crippen LogP contribution is -2.23. The number of aromatic nitrogens is 4. The molecule has 7 nitrogen and oxygen atoms in total. The van der Waals surface area contributed by atoms with Crippen molar-refractivity contribution in [2.24, 2.45) is 0 Å². The predicted octanol–water partition coefficient (Wildman–Crippen LogP) is 2.00. The van der Waals surface area contributed by atoms with Gasteiger partial charge in [0, 0.05) is 11.8 Å². The number of carbonyl (C=O) groups excluding carboxylic acids is 1. The summed E-state index contributed by atoms with van der Waals surface area (Å²) < 4.78 is 0. The zero-order valence-corrected chi connectivity index (χ0v) is 14.2. The summed E-state index contributed by atoms with van der Waals surface area (Å²) in [6, 6.07) is 1.49. The third-order valence-corrected chi connectivity index (χ3v) is 4.43. The molecule has 2 aromatic rings. The Labute approximate surface area is 136 Å². The Kier molecular flexibility index (Phi) is 5.67. The quantitative estimate of drug-likeness (QED) is 0.617. The van der Waals surface area contributed by atoms with Crippen LogP contribution in [0.4, 0.5) is 5.13 Å². The first-order valence-electron chi connectivity index (χ1n) is 6.85. The number of anilines is 1. The number of amides is 1. The van der Waals surface area contributed by atoms with Crippen molar-refractivity contribution < 1.29 is 4.79 Å². The minimum atomic E-state index is -0.413. The molecule has 0 aliphatic heterocycles. The maximum absolute atomic E-state index is 12.1. The number of aryl methyl sites for hydroxylation is 2. The zero-order chi connectivity index (χ0) is 16.1. The molecule has 2 rings (SSSR count). The van der Waals surface area contributed by atoms with Crippen LogP contribution in [0.3, 0.4) is 0 Å². The minimum Gasteiger partial charge on any atom is -0.301 e. The summed E-state index contributed by atoms with van der Waals surface area (Å²) in [7, 11) is 0. The van der Waals surface area contributed by atoms with Crippen molar-refractivity contribution >= 4 is 34.1 Å². The van der Waals surface area contributed by atoms with E-state index in [4.69, 9.17) is 0 Å². The van der Waals surface area contributed by atoms with E-state index in [9.17, 15) is 9.59 Å². The Balaban J connectivity index is 2.03. The largest absolute Gasteiger partial charge is 0.301 e. The smallest absolute Gasteiger partial charge is 0.251 e. The molecule has 0 fully saturated rings. The average molecular weight is 339 g/mol. The molecule has 0 saturated carbocycles. The number of thioether (sulfide) groups is 1. The number of aromatic amines is 1. The number of hydrogen-bond donors (Lipinski definition) is 2. The van der Waals surface area contributed by atoms with E-state index in [2.05, 4.69) is 25.5 Å². The maximum atomic E-state index is 12.1. The van der Waals surface area contributed by atoms with Gasteiger partial charge in [-0.25, -0.2) is 4.98 Å². The Morgan fingerprint density at radius 3 is 2.91 bits per heavy atom. The van der Waals surface area contributed by atoms with Gasteiger partial charge in [-0.15, -0.1) is 10.2 Å². The van der Waals surface area contributed by atoms with Crippen molar-refractivity contribution in [2.45, 2.75) is 44.0 Å². The normalized spacial score (nSPS) is 12.1. The standard InChI is InChI=1S/C13H17N5O2S2/c1-4-5-9-6-10(19)15-12(14-9)21-7(2)11(20)16-13-18-17-8(3)22-13/h6-7H,4-5H2,1-3H3,(H,14,15,19)(H,16,18,20). The highest BCUT2D eigenvalue weighted by Crippen LogP contribution is 2.21. The fraction of sp³-hybridized carbons (Fsp3) is 0.462. The molecule has 2 heterocycles. The van der Waals surface area contributed by atoms with Gasteiger partial charge in [0.05, 0.1) is 5.25 Å². The number of nitrogens with one attached hydrogen (secondary N) is 2. The van der Waals surface area contributed by atoms with Crippen LogP contribution in [0.2, 0.25) is 0 Å². The lowest BCUT2D eigenvalue weighted by atomic mass is 10.2. The summed E-state index contributed by atoms with van der Waals surface area (Å²) >= 11 is 2.52. The summed E-state index contributed by atoms with van der Waals surface area (Å²) in [6.45, 7) is 5.59. The van der Waals surface area contributed by atoms with Crippen LogP contribution in [-0.2, 0) is 11.2 Å². The van der Waals surface area contributed by atoms with Crippen molar-refractivity contribution in [3.63, 3.8) is 0 Å². The fourth-order valence-corrected chi connectivity index (χ4v) is 3.12. The second kappa shape index (κ2) is 7.50. The van der Waals surface area contributed by atoms with Crippen LogP contribution in [0.1, 0.15) is 31.0 Å². The van der Waals surface area contributed by atoms with Gasteiger partial charge in [-0.1, -0.05) is 36.4 Å². The van der Waals surface area contributed by atoms with E-state index in [1.165, 1.54) is 29.2 Å². The molecular weight excluding hydrogens is 322 g/mol. The third kappa shape index (κ3) is 4.63. The highest BCUT2D eigenvalue weighted by atomic mass is 32.2. The first-order valence-corrected chi connectivity index (χ1v) is 8.55. The number of H-pyrrole nitrogens is 1. The van der Waals surface area contributed by atoms with Gasteiger partial charge in [0.2, 0.25) is 11.0 Å². The van der Waals surface area contributed by atoms with Gasteiger partial charge in [-0.2, -0.15) is 0 Å². The van der Waals surface area contributed by atoms with Crippen molar-refractivity contribution in [1.29, 1.82) is 0 Å². The zero-order valence-electron chi connectivity index (χ0n) is 12.5. The molecule has 2 N–H and O–H groups in total. The Morgan fingerprint density at radius 1 is 1.50 bits per heavy atom. The molecule has 9 heteroatoms. The molecule has 0 spiro atoms. The minimum absolute atomic E-state index is 0.201. The first-order chi connectivity index (χ1) is 10.5. The van der Waals surface area contributed by atoms with Gasteiger partial charge in [0.25, 0.3) is 5.56 Å². The van der Waals surface area contributed by atoms with E-state index in [0.29, 0.717) is 10.3 Å². The van der Waals surface area contributed by atoms with Gasteiger partial charge >= 0.3 is 0 Å². The summed E-state index contributed by atoms with van der Waals surface area (Å²) in [5.74, 6) is -0.204. The Morgan fingerprint density at radius 2 is 2.27 bits per heavy atom. The molecule has 0 aliphatic carbocycles. The van der Waals surface area contributed by atoms with Gasteiger partial charge in [0.1, 0.15) is 5.01 Å². The van der Waals surface area contributed by atoms with E-state index in [1.54, 1.807) is 6.92 Å². The first kappa shape index (κ1) is 16.6. The predicted molar refractivity (Wildman–Crippen MR) is 87.4 cm³/mol. The molecule has 0 saturated heterocycles. The van der Waals surface area contributed by atoms with Gasteiger partial charge < -0.3 is 4.98 Å². The number of rotatable bonds is 6. The summed E-state index contributed by atoms with van der Waals surface area (Å²) in [4.78, 5) is 30.7. The highest BCUT2D eigenvalue weighted by molar-refractivity contribution is 8.00. The SMILES string of the molecule is CCCc1cc(=O)[nH]c(SC(C)C(=O)Nc2nnc(C)s2)n1. The highest BCUT2D eigenvalue weighted by Gasteiger charge is 2.17. The van der Waals surface area contributed by atoms with Crippen molar-refractivity contribution in [1.82, 2.24) is 20.2 Å². The van der Waals surface area contributed by atoms with Crippen LogP contribution >= 0.6 is 23.1 Å². The lowest BCUT2D eigenvalue weighted by Gasteiger charge is -2.10. The summed E-state index contributed by atoms with van der Waals surface area (Å²) in [6.07, 6.45) is 1.65. The second-order valence-corrected chi connectivity index (χ2v) is 7.18. The molecule has 0 bridgehead atoms. The van der Waals surface area contributed by atoms with Crippen LogP contribution in [0, 0.1) is 6.92 Å². The Bertz CT molecular complexity index is 712. The fourth-order valence-electron chi connectivity index (χ4n) is 1.70. The molecule has 1 amide bonds. The van der Waals surface area contributed by atoms with Crippen LogP contribution < -0.4 is 10.9 Å².